The quantitative estimate of drug-likeness (QED) is 0.525. The Morgan fingerprint density at radius 3 is 2.72 bits per heavy atom. The summed E-state index contributed by atoms with van der Waals surface area (Å²) in [4.78, 5) is 29.3. The van der Waals surface area contributed by atoms with Gasteiger partial charge in [-0.05, 0) is 0 Å². The maximum Gasteiger partial charge on any atom is 0.472 e. The number of aliphatic hydroxyl groups is 2. The molecule has 1 fully saturated rings. The van der Waals surface area contributed by atoms with E-state index in [1.54, 1.807) is 0 Å². The summed E-state index contributed by atoms with van der Waals surface area (Å²) in [6, 6.07) is 0. The van der Waals surface area contributed by atoms with Crippen molar-refractivity contribution in [2.75, 3.05) is 13.7 Å². The topological polar surface area (TPSA) is 158 Å². The van der Waals surface area contributed by atoms with Gasteiger partial charge in [0.1, 0.15) is 18.3 Å². The van der Waals surface area contributed by atoms with Gasteiger partial charge in [0.05, 0.1) is 19.3 Å². The first-order chi connectivity index (χ1) is 11.7. The first kappa shape index (κ1) is 18.1. The van der Waals surface area contributed by atoms with Crippen LogP contribution in [0.2, 0.25) is 0 Å². The summed E-state index contributed by atoms with van der Waals surface area (Å²) in [5.41, 5.74) is -0.127. The van der Waals surface area contributed by atoms with Crippen LogP contribution in [0.5, 0.6) is 0 Å². The van der Waals surface area contributed by atoms with Gasteiger partial charge < -0.3 is 24.4 Å². The summed E-state index contributed by atoms with van der Waals surface area (Å²) in [5, 5.41) is 20.3. The Balaban J connectivity index is 1.85. The Morgan fingerprint density at radius 1 is 1.32 bits per heavy atom. The van der Waals surface area contributed by atoms with Gasteiger partial charge in [0.2, 0.25) is 0 Å². The summed E-state index contributed by atoms with van der Waals surface area (Å²) in [6.45, 7) is -0.488. The van der Waals surface area contributed by atoms with Crippen molar-refractivity contribution < 1.29 is 33.5 Å². The van der Waals surface area contributed by atoms with E-state index in [9.17, 15) is 24.5 Å². The molecule has 0 radical (unpaired) electrons. The van der Waals surface area contributed by atoms with Crippen LogP contribution in [-0.4, -0.2) is 66.2 Å². The lowest BCUT2D eigenvalue weighted by Gasteiger charge is -2.16. The van der Waals surface area contributed by atoms with E-state index < -0.39 is 39.0 Å². The minimum Gasteiger partial charge on any atom is -0.387 e. The molecule has 0 spiro atoms. The van der Waals surface area contributed by atoms with E-state index in [-0.39, 0.29) is 16.7 Å². The number of rotatable bonds is 5. The molecule has 1 saturated heterocycles. The fourth-order valence-corrected chi connectivity index (χ4v) is 2.94. The molecule has 0 bridgehead atoms. The van der Waals surface area contributed by atoms with Crippen LogP contribution >= 0.6 is 7.82 Å². The number of imidazole rings is 1. The number of aliphatic hydroxyl groups excluding tert-OH is 2. The third-order valence-electron chi connectivity index (χ3n) is 3.89. The number of phosphoric acid groups is 1. The standard InChI is InChI=1S/C12H17N4O8P/c1-15-4-14-10-7(11(15)19)13-5-16(10)12-9(18)8(17)6(24-12)3-23-25(20,21)22-2/h4-6,8-9,12,17-18H,3H2,1-2H3,(H,20,21)/t6-,8-,9+,12-/m1/s1. The van der Waals surface area contributed by atoms with Crippen molar-refractivity contribution in [1.29, 1.82) is 0 Å². The molecule has 1 aliphatic heterocycles. The van der Waals surface area contributed by atoms with Crippen LogP contribution in [0.15, 0.2) is 17.4 Å². The molecule has 0 aliphatic carbocycles. The molecule has 2 aromatic rings. The molecule has 0 saturated carbocycles. The number of fused-ring (bicyclic) bond motifs is 1. The van der Waals surface area contributed by atoms with Crippen molar-refractivity contribution in [2.45, 2.75) is 24.5 Å². The Morgan fingerprint density at radius 2 is 2.04 bits per heavy atom. The van der Waals surface area contributed by atoms with Crippen molar-refractivity contribution >= 4 is 19.0 Å². The van der Waals surface area contributed by atoms with Gasteiger partial charge in [-0.3, -0.25) is 18.4 Å². The zero-order chi connectivity index (χ0) is 18.4. The van der Waals surface area contributed by atoms with Gasteiger partial charge in [-0.25, -0.2) is 14.5 Å². The average molecular weight is 376 g/mol. The molecule has 2 aromatic heterocycles. The van der Waals surface area contributed by atoms with Crippen LogP contribution in [0.3, 0.4) is 0 Å². The number of phosphoric ester groups is 1. The van der Waals surface area contributed by atoms with E-state index in [2.05, 4.69) is 19.0 Å². The van der Waals surface area contributed by atoms with Gasteiger partial charge in [-0.2, -0.15) is 0 Å². The van der Waals surface area contributed by atoms with Gasteiger partial charge >= 0.3 is 7.82 Å². The third kappa shape index (κ3) is 3.25. The van der Waals surface area contributed by atoms with Gasteiger partial charge in [0.15, 0.2) is 17.4 Å². The second kappa shape index (κ2) is 6.57. The summed E-state index contributed by atoms with van der Waals surface area (Å²) in [6.07, 6.45) is -2.44. The summed E-state index contributed by atoms with van der Waals surface area (Å²) in [5.74, 6) is 0. The van der Waals surface area contributed by atoms with Crippen LogP contribution < -0.4 is 5.56 Å². The summed E-state index contributed by atoms with van der Waals surface area (Å²) in [7, 11) is -1.73. The highest BCUT2D eigenvalue weighted by molar-refractivity contribution is 7.47. The lowest BCUT2D eigenvalue weighted by atomic mass is 10.1. The smallest absolute Gasteiger partial charge is 0.387 e. The molecule has 3 heterocycles. The predicted octanol–water partition coefficient (Wildman–Crippen LogP) is -1.49. The zero-order valence-corrected chi connectivity index (χ0v) is 14.2. The fourth-order valence-electron chi connectivity index (χ4n) is 2.50. The van der Waals surface area contributed by atoms with Crippen molar-refractivity contribution in [3.8, 4) is 0 Å². The summed E-state index contributed by atoms with van der Waals surface area (Å²) >= 11 is 0. The van der Waals surface area contributed by atoms with Gasteiger partial charge in [0.25, 0.3) is 5.56 Å². The molecule has 0 amide bonds. The molecular formula is C12H17N4O8P. The number of hydrogen-bond donors (Lipinski definition) is 3. The number of aromatic nitrogens is 4. The van der Waals surface area contributed by atoms with Gasteiger partial charge in [-0.15, -0.1) is 0 Å². The largest absolute Gasteiger partial charge is 0.472 e. The zero-order valence-electron chi connectivity index (χ0n) is 13.3. The second-order valence-electron chi connectivity index (χ2n) is 5.48. The third-order valence-corrected chi connectivity index (χ3v) is 4.82. The molecule has 138 valence electrons. The maximum atomic E-state index is 12.0. The van der Waals surface area contributed by atoms with E-state index in [4.69, 9.17) is 4.74 Å². The van der Waals surface area contributed by atoms with Crippen molar-refractivity contribution in [3.63, 3.8) is 0 Å². The first-order valence-corrected chi connectivity index (χ1v) is 8.67. The average Bonchev–Trinajstić information content (AvgIpc) is 3.12. The highest BCUT2D eigenvalue weighted by atomic mass is 31.2. The lowest BCUT2D eigenvalue weighted by molar-refractivity contribution is -0.0509. The molecule has 5 atom stereocenters. The number of aryl methyl sites for hydroxylation is 1. The molecule has 25 heavy (non-hydrogen) atoms. The van der Waals surface area contributed by atoms with Crippen molar-refractivity contribution in [2.24, 2.45) is 7.05 Å². The number of hydrogen-bond acceptors (Lipinski definition) is 9. The van der Waals surface area contributed by atoms with E-state index in [1.165, 1.54) is 28.8 Å². The molecule has 1 aliphatic rings. The Hall–Kier alpha value is -1.66. The second-order valence-corrected chi connectivity index (χ2v) is 7.04. The Kier molecular flexibility index (Phi) is 4.77. The Labute approximate surface area is 140 Å². The van der Waals surface area contributed by atoms with E-state index in [1.807, 2.05) is 0 Å². The molecule has 3 N–H and O–H groups in total. The molecule has 1 unspecified atom stereocenters. The molecular weight excluding hydrogens is 359 g/mol. The van der Waals surface area contributed by atoms with Crippen LogP contribution in [0.1, 0.15) is 6.23 Å². The minimum atomic E-state index is -4.25. The van der Waals surface area contributed by atoms with Crippen LogP contribution in [0.25, 0.3) is 11.2 Å². The molecule has 12 nitrogen and oxygen atoms in total. The monoisotopic (exact) mass is 376 g/mol. The molecule has 3 rings (SSSR count). The predicted molar refractivity (Wildman–Crippen MR) is 81.5 cm³/mol. The number of ether oxygens (including phenoxy) is 1. The van der Waals surface area contributed by atoms with Gasteiger partial charge in [0, 0.05) is 14.2 Å². The van der Waals surface area contributed by atoms with Crippen molar-refractivity contribution in [3.05, 3.63) is 23.0 Å². The van der Waals surface area contributed by atoms with Gasteiger partial charge in [-0.1, -0.05) is 0 Å². The summed E-state index contributed by atoms with van der Waals surface area (Å²) < 4.78 is 28.3. The SMILES string of the molecule is COP(=O)(O)OC[C@H]1O[C@@H](n2cnc3c(=O)n(C)cnc32)[C@@H](O)[C@@H]1O. The Bertz CT molecular complexity index is 882. The normalized spacial score (nSPS) is 29.2. The van der Waals surface area contributed by atoms with E-state index in [0.717, 1.165) is 7.11 Å². The molecule has 13 heteroatoms. The van der Waals surface area contributed by atoms with Crippen molar-refractivity contribution in [1.82, 2.24) is 19.1 Å². The highest BCUT2D eigenvalue weighted by Gasteiger charge is 2.45. The first-order valence-electron chi connectivity index (χ1n) is 7.18. The van der Waals surface area contributed by atoms with E-state index >= 15 is 0 Å². The van der Waals surface area contributed by atoms with Crippen LogP contribution in [0.4, 0.5) is 0 Å². The lowest BCUT2D eigenvalue weighted by Crippen LogP contribution is -2.33. The maximum absolute atomic E-state index is 12.0. The number of nitrogens with zero attached hydrogens (tertiary/aromatic N) is 4. The minimum absolute atomic E-state index is 0.0780. The molecule has 0 aromatic carbocycles. The van der Waals surface area contributed by atoms with Crippen LogP contribution in [-0.2, 0) is 25.4 Å². The fraction of sp³-hybridized carbons (Fsp3) is 0.583. The van der Waals surface area contributed by atoms with E-state index in [0.29, 0.717) is 0 Å². The highest BCUT2D eigenvalue weighted by Crippen LogP contribution is 2.43. The van der Waals surface area contributed by atoms with Crippen LogP contribution in [0, 0.1) is 0 Å².